The van der Waals surface area contributed by atoms with Gasteiger partial charge < -0.3 is 5.32 Å². The van der Waals surface area contributed by atoms with Crippen molar-refractivity contribution in [3.8, 4) is 0 Å². The summed E-state index contributed by atoms with van der Waals surface area (Å²) in [6, 6.07) is 0.270. The molecule has 0 aromatic heterocycles. The zero-order valence-electron chi connectivity index (χ0n) is 11.3. The molecule has 16 heavy (non-hydrogen) atoms. The standard InChI is InChI=1S/C12H25N3O/c1-9(16)14-10-7-11(2,3)15(13-6)12(4,5)8-10/h10,13H,7-8H2,1-6H3,(H,14,16). The Morgan fingerprint density at radius 1 is 1.19 bits per heavy atom. The molecule has 0 radical (unpaired) electrons. The summed E-state index contributed by atoms with van der Waals surface area (Å²) in [5.74, 6) is 0.0644. The van der Waals surface area contributed by atoms with Gasteiger partial charge in [0.1, 0.15) is 0 Å². The van der Waals surface area contributed by atoms with E-state index in [-0.39, 0.29) is 23.0 Å². The molecule has 1 rings (SSSR count). The first-order valence-electron chi connectivity index (χ1n) is 5.94. The maximum Gasteiger partial charge on any atom is 0.217 e. The van der Waals surface area contributed by atoms with Gasteiger partial charge in [-0.1, -0.05) is 0 Å². The Kier molecular flexibility index (Phi) is 3.65. The molecule has 0 aromatic rings. The number of piperidine rings is 1. The zero-order chi connectivity index (χ0) is 12.6. The van der Waals surface area contributed by atoms with E-state index in [9.17, 15) is 4.79 Å². The van der Waals surface area contributed by atoms with Gasteiger partial charge in [0.25, 0.3) is 0 Å². The van der Waals surface area contributed by atoms with Crippen molar-refractivity contribution >= 4 is 5.91 Å². The van der Waals surface area contributed by atoms with Crippen LogP contribution in [0, 0.1) is 0 Å². The van der Waals surface area contributed by atoms with Gasteiger partial charge in [-0.3, -0.25) is 10.2 Å². The number of hydrogen-bond acceptors (Lipinski definition) is 3. The van der Waals surface area contributed by atoms with E-state index in [2.05, 4.69) is 43.4 Å². The third-order valence-electron chi connectivity index (χ3n) is 3.33. The maximum atomic E-state index is 11.1. The third kappa shape index (κ3) is 2.74. The van der Waals surface area contributed by atoms with Crippen LogP contribution < -0.4 is 10.7 Å². The normalized spacial score (nSPS) is 25.4. The first-order chi connectivity index (χ1) is 7.19. The van der Waals surface area contributed by atoms with Crippen molar-refractivity contribution in [3.05, 3.63) is 0 Å². The highest BCUT2D eigenvalue weighted by Crippen LogP contribution is 2.36. The van der Waals surface area contributed by atoms with Crippen molar-refractivity contribution < 1.29 is 4.79 Å². The number of hydrazine groups is 1. The molecule has 1 amide bonds. The largest absolute Gasteiger partial charge is 0.353 e. The van der Waals surface area contributed by atoms with E-state index in [1.165, 1.54) is 0 Å². The molecular formula is C12H25N3O. The van der Waals surface area contributed by atoms with Crippen LogP contribution in [0.1, 0.15) is 47.5 Å². The molecule has 94 valence electrons. The molecule has 4 nitrogen and oxygen atoms in total. The Morgan fingerprint density at radius 2 is 1.62 bits per heavy atom. The summed E-state index contributed by atoms with van der Waals surface area (Å²) < 4.78 is 0. The molecule has 1 saturated heterocycles. The van der Waals surface area contributed by atoms with Crippen molar-refractivity contribution in [3.63, 3.8) is 0 Å². The summed E-state index contributed by atoms with van der Waals surface area (Å²) in [5.41, 5.74) is 3.37. The van der Waals surface area contributed by atoms with Gasteiger partial charge in [-0.25, -0.2) is 5.01 Å². The highest BCUT2D eigenvalue weighted by atomic mass is 16.1. The van der Waals surface area contributed by atoms with Gasteiger partial charge in [0.15, 0.2) is 0 Å². The van der Waals surface area contributed by atoms with Gasteiger partial charge in [-0.15, -0.1) is 0 Å². The van der Waals surface area contributed by atoms with Crippen LogP contribution >= 0.6 is 0 Å². The first-order valence-corrected chi connectivity index (χ1v) is 5.94. The second-order valence-corrected chi connectivity index (χ2v) is 5.99. The van der Waals surface area contributed by atoms with Crippen LogP contribution in [-0.2, 0) is 4.79 Å². The van der Waals surface area contributed by atoms with Crippen LogP contribution in [0.3, 0.4) is 0 Å². The molecule has 0 saturated carbocycles. The monoisotopic (exact) mass is 227 g/mol. The van der Waals surface area contributed by atoms with Crippen molar-refractivity contribution in [1.29, 1.82) is 0 Å². The van der Waals surface area contributed by atoms with Crippen LogP contribution in [0.5, 0.6) is 0 Å². The lowest BCUT2D eigenvalue weighted by atomic mass is 9.78. The van der Waals surface area contributed by atoms with E-state index in [1.54, 1.807) is 6.92 Å². The zero-order valence-corrected chi connectivity index (χ0v) is 11.3. The summed E-state index contributed by atoms with van der Waals surface area (Å²) in [4.78, 5) is 11.1. The van der Waals surface area contributed by atoms with Crippen LogP contribution in [0.4, 0.5) is 0 Å². The number of rotatable bonds is 2. The topological polar surface area (TPSA) is 44.4 Å². The molecule has 1 fully saturated rings. The second kappa shape index (κ2) is 4.34. The number of carbonyl (C=O) groups excluding carboxylic acids is 1. The lowest BCUT2D eigenvalue weighted by Crippen LogP contribution is -2.67. The Hall–Kier alpha value is -0.610. The van der Waals surface area contributed by atoms with Gasteiger partial charge in [0.05, 0.1) is 0 Å². The van der Waals surface area contributed by atoms with Crippen molar-refractivity contribution in [1.82, 2.24) is 15.8 Å². The summed E-state index contributed by atoms with van der Waals surface area (Å²) in [5, 5.41) is 5.33. The minimum Gasteiger partial charge on any atom is -0.353 e. The smallest absolute Gasteiger partial charge is 0.217 e. The lowest BCUT2D eigenvalue weighted by molar-refractivity contribution is -0.122. The van der Waals surface area contributed by atoms with Crippen molar-refractivity contribution in [2.24, 2.45) is 0 Å². The van der Waals surface area contributed by atoms with Gasteiger partial charge >= 0.3 is 0 Å². The van der Waals surface area contributed by atoms with Crippen LogP contribution in [0.2, 0.25) is 0 Å². The van der Waals surface area contributed by atoms with E-state index >= 15 is 0 Å². The number of carbonyl (C=O) groups is 1. The quantitative estimate of drug-likeness (QED) is 0.747. The maximum absolute atomic E-state index is 11.1. The van der Waals surface area contributed by atoms with Crippen LogP contribution in [0.15, 0.2) is 0 Å². The van der Waals surface area contributed by atoms with E-state index in [0.29, 0.717) is 0 Å². The first kappa shape index (κ1) is 13.5. The van der Waals surface area contributed by atoms with Gasteiger partial charge in [0.2, 0.25) is 5.91 Å². The Bertz CT molecular complexity index is 255. The fraction of sp³-hybridized carbons (Fsp3) is 0.917. The predicted molar refractivity (Wildman–Crippen MR) is 65.9 cm³/mol. The highest BCUT2D eigenvalue weighted by Gasteiger charge is 2.45. The average molecular weight is 227 g/mol. The molecule has 1 heterocycles. The number of amides is 1. The number of nitrogens with zero attached hydrogens (tertiary/aromatic N) is 1. The Morgan fingerprint density at radius 3 is 1.94 bits per heavy atom. The molecule has 0 aromatic carbocycles. The van der Waals surface area contributed by atoms with Crippen molar-refractivity contribution in [2.75, 3.05) is 7.05 Å². The number of hydrogen-bond donors (Lipinski definition) is 2. The van der Waals surface area contributed by atoms with E-state index in [1.807, 2.05) is 7.05 Å². The van der Waals surface area contributed by atoms with Gasteiger partial charge in [0, 0.05) is 24.0 Å². The molecule has 0 aliphatic carbocycles. The summed E-state index contributed by atoms with van der Waals surface area (Å²) in [6.45, 7) is 10.4. The molecule has 2 N–H and O–H groups in total. The Labute approximate surface area is 98.7 Å². The minimum atomic E-state index is 0.0453. The molecule has 4 heteroatoms. The van der Waals surface area contributed by atoms with Gasteiger partial charge in [-0.2, -0.15) is 0 Å². The SMILES string of the molecule is CNN1C(C)(C)CC(NC(C)=O)CC1(C)C. The fourth-order valence-electron chi connectivity index (χ4n) is 3.27. The minimum absolute atomic E-state index is 0.0453. The molecule has 0 bridgehead atoms. The lowest BCUT2D eigenvalue weighted by Gasteiger charge is -2.54. The average Bonchev–Trinajstić information content (AvgIpc) is 1.97. The number of nitrogens with one attached hydrogen (secondary N) is 2. The molecule has 1 aliphatic heterocycles. The molecule has 0 spiro atoms. The predicted octanol–water partition coefficient (Wildman–Crippen LogP) is 1.28. The summed E-state index contributed by atoms with van der Waals surface area (Å²) in [7, 11) is 1.96. The van der Waals surface area contributed by atoms with E-state index in [0.717, 1.165) is 12.8 Å². The molecule has 1 aliphatic rings. The van der Waals surface area contributed by atoms with Crippen LogP contribution in [0.25, 0.3) is 0 Å². The second-order valence-electron chi connectivity index (χ2n) is 5.99. The van der Waals surface area contributed by atoms with E-state index < -0.39 is 0 Å². The molecular weight excluding hydrogens is 202 g/mol. The Balaban J connectivity index is 2.84. The molecule has 0 atom stereocenters. The van der Waals surface area contributed by atoms with Crippen LogP contribution in [-0.4, -0.2) is 35.1 Å². The highest BCUT2D eigenvalue weighted by molar-refractivity contribution is 5.73. The van der Waals surface area contributed by atoms with Crippen molar-refractivity contribution in [2.45, 2.75) is 64.6 Å². The van der Waals surface area contributed by atoms with E-state index in [4.69, 9.17) is 0 Å². The van der Waals surface area contributed by atoms with Gasteiger partial charge in [-0.05, 0) is 47.6 Å². The summed E-state index contributed by atoms with van der Waals surface area (Å²) >= 11 is 0. The third-order valence-corrected chi connectivity index (χ3v) is 3.33. The summed E-state index contributed by atoms with van der Waals surface area (Å²) in [6.07, 6.45) is 1.94. The molecule has 0 unspecified atom stereocenters. The fourth-order valence-corrected chi connectivity index (χ4v) is 3.27.